The number of nitrogens with one attached hydrogen (secondary N) is 1. The zero-order valence-corrected chi connectivity index (χ0v) is 10.7. The summed E-state index contributed by atoms with van der Waals surface area (Å²) in [5, 5.41) is 11.6. The molecular formula is C12H25NO2. The third-order valence-corrected chi connectivity index (χ3v) is 2.05. The lowest BCUT2D eigenvalue weighted by atomic mass is 9.77. The predicted molar refractivity (Wildman–Crippen MR) is 62.6 cm³/mol. The Kier molecular flexibility index (Phi) is 5.29. The lowest BCUT2D eigenvalue weighted by Crippen LogP contribution is -2.55. The molecule has 0 aromatic rings. The number of amides is 1. The molecule has 1 rings (SSSR count). The van der Waals surface area contributed by atoms with Crippen LogP contribution in [0.3, 0.4) is 0 Å². The van der Waals surface area contributed by atoms with Crippen molar-refractivity contribution in [1.29, 1.82) is 0 Å². The van der Waals surface area contributed by atoms with Gasteiger partial charge in [-0.15, -0.1) is 0 Å². The lowest BCUT2D eigenvalue weighted by molar-refractivity contribution is -0.122. The van der Waals surface area contributed by atoms with E-state index in [-0.39, 0.29) is 18.1 Å². The van der Waals surface area contributed by atoms with Gasteiger partial charge in [-0.3, -0.25) is 4.79 Å². The van der Waals surface area contributed by atoms with E-state index in [1.807, 2.05) is 0 Å². The normalized spacial score (nSPS) is 18.3. The van der Waals surface area contributed by atoms with Crippen LogP contribution in [0.25, 0.3) is 0 Å². The molecule has 1 saturated carbocycles. The van der Waals surface area contributed by atoms with Gasteiger partial charge in [0.1, 0.15) is 0 Å². The van der Waals surface area contributed by atoms with Gasteiger partial charge < -0.3 is 10.4 Å². The maximum Gasteiger partial charge on any atom is 0.217 e. The molecule has 2 N–H and O–H groups in total. The van der Waals surface area contributed by atoms with Crippen LogP contribution in [0.15, 0.2) is 0 Å². The molecule has 1 aliphatic rings. The van der Waals surface area contributed by atoms with Crippen LogP contribution in [-0.4, -0.2) is 23.2 Å². The highest BCUT2D eigenvalue weighted by molar-refractivity contribution is 5.74. The van der Waals surface area contributed by atoms with Crippen molar-refractivity contribution in [2.45, 2.75) is 59.4 Å². The Morgan fingerprint density at radius 3 is 1.80 bits per heavy atom. The first-order chi connectivity index (χ1) is 6.68. The van der Waals surface area contributed by atoms with E-state index >= 15 is 0 Å². The molecule has 0 atom stereocenters. The highest BCUT2D eigenvalue weighted by Gasteiger charge is 2.36. The van der Waals surface area contributed by atoms with Gasteiger partial charge in [0.15, 0.2) is 0 Å². The van der Waals surface area contributed by atoms with Crippen LogP contribution in [0.1, 0.15) is 53.9 Å². The van der Waals surface area contributed by atoms with E-state index in [4.69, 9.17) is 5.11 Å². The largest absolute Gasteiger partial charge is 0.394 e. The van der Waals surface area contributed by atoms with Gasteiger partial charge in [0, 0.05) is 6.92 Å². The Balaban J connectivity index is 0.000000336. The van der Waals surface area contributed by atoms with E-state index in [2.05, 4.69) is 33.0 Å². The number of rotatable bonds is 2. The summed E-state index contributed by atoms with van der Waals surface area (Å²) in [5.41, 5.74) is 0.242. The van der Waals surface area contributed by atoms with Gasteiger partial charge in [0.2, 0.25) is 5.91 Å². The van der Waals surface area contributed by atoms with Crippen molar-refractivity contribution in [3.05, 3.63) is 0 Å². The molecule has 0 spiro atoms. The quantitative estimate of drug-likeness (QED) is 0.741. The molecule has 3 heteroatoms. The molecule has 15 heavy (non-hydrogen) atoms. The van der Waals surface area contributed by atoms with Crippen LogP contribution in [0.4, 0.5) is 0 Å². The van der Waals surface area contributed by atoms with Gasteiger partial charge in [-0.05, 0) is 24.7 Å². The highest BCUT2D eigenvalue weighted by atomic mass is 16.3. The molecule has 0 bridgehead atoms. The molecule has 0 radical (unpaired) electrons. The predicted octanol–water partition coefficient (Wildman–Crippen LogP) is 2.09. The van der Waals surface area contributed by atoms with Gasteiger partial charge in [0.05, 0.1) is 12.1 Å². The lowest BCUT2D eigenvalue weighted by Gasteiger charge is -2.40. The Hall–Kier alpha value is -0.570. The van der Waals surface area contributed by atoms with Crippen molar-refractivity contribution in [2.75, 3.05) is 6.61 Å². The zero-order chi connectivity index (χ0) is 12.1. The van der Waals surface area contributed by atoms with E-state index in [9.17, 15) is 4.79 Å². The average molecular weight is 215 g/mol. The molecule has 1 fully saturated rings. The number of carbonyl (C=O) groups is 1. The van der Waals surface area contributed by atoms with Crippen LogP contribution < -0.4 is 5.32 Å². The van der Waals surface area contributed by atoms with E-state index in [0.717, 1.165) is 19.3 Å². The molecule has 0 aromatic carbocycles. The maximum absolute atomic E-state index is 10.6. The van der Waals surface area contributed by atoms with Crippen LogP contribution in [0.5, 0.6) is 0 Å². The molecule has 0 saturated heterocycles. The second-order valence-electron chi connectivity index (χ2n) is 5.97. The third-order valence-electron chi connectivity index (χ3n) is 2.05. The Bertz CT molecular complexity index is 191. The third kappa shape index (κ3) is 7.37. The summed E-state index contributed by atoms with van der Waals surface area (Å²) in [4.78, 5) is 10.6. The second kappa shape index (κ2) is 5.50. The first-order valence-electron chi connectivity index (χ1n) is 5.58. The Labute approximate surface area is 93.3 Å². The molecule has 1 amide bonds. The van der Waals surface area contributed by atoms with Crippen molar-refractivity contribution in [3.8, 4) is 0 Å². The molecular weight excluding hydrogens is 190 g/mol. The fourth-order valence-electron chi connectivity index (χ4n) is 1.30. The monoisotopic (exact) mass is 215 g/mol. The summed E-state index contributed by atoms with van der Waals surface area (Å²) in [6.45, 7) is 10.3. The minimum atomic E-state index is -0.258. The van der Waals surface area contributed by atoms with Crippen LogP contribution in [0, 0.1) is 5.41 Å². The molecule has 0 unspecified atom stereocenters. The van der Waals surface area contributed by atoms with Crippen LogP contribution >= 0.6 is 0 Å². The fraction of sp³-hybridized carbons (Fsp3) is 0.917. The number of aliphatic hydroxyl groups excluding tert-OH is 1. The van der Waals surface area contributed by atoms with Gasteiger partial charge in [-0.1, -0.05) is 27.7 Å². The van der Waals surface area contributed by atoms with E-state index in [1.54, 1.807) is 0 Å². The molecule has 1 aliphatic carbocycles. The van der Waals surface area contributed by atoms with Gasteiger partial charge in [-0.25, -0.2) is 0 Å². The molecule has 90 valence electrons. The average Bonchev–Trinajstić information content (AvgIpc) is 1.93. The van der Waals surface area contributed by atoms with Gasteiger partial charge in [-0.2, -0.15) is 0 Å². The highest BCUT2D eigenvalue weighted by Crippen LogP contribution is 2.30. The number of hydrogen-bond donors (Lipinski definition) is 2. The standard InChI is InChI=1S/C7H13NO2.C5H12/c1-6(10)8-7(5-9)3-2-4-7;1-5(2,3)4/h9H,2-5H2,1H3,(H,8,10);1-4H3. The smallest absolute Gasteiger partial charge is 0.217 e. The van der Waals surface area contributed by atoms with Crippen molar-refractivity contribution < 1.29 is 9.90 Å². The minimum absolute atomic E-state index is 0.0475. The summed E-state index contributed by atoms with van der Waals surface area (Å²) < 4.78 is 0. The Morgan fingerprint density at radius 1 is 1.33 bits per heavy atom. The maximum atomic E-state index is 10.6. The summed E-state index contributed by atoms with van der Waals surface area (Å²) in [5.74, 6) is -0.0475. The van der Waals surface area contributed by atoms with E-state index in [1.165, 1.54) is 6.92 Å². The minimum Gasteiger partial charge on any atom is -0.394 e. The number of carbonyl (C=O) groups excluding carboxylic acids is 1. The van der Waals surface area contributed by atoms with Crippen LogP contribution in [0.2, 0.25) is 0 Å². The fourth-order valence-corrected chi connectivity index (χ4v) is 1.30. The molecule has 0 heterocycles. The van der Waals surface area contributed by atoms with E-state index in [0.29, 0.717) is 5.41 Å². The topological polar surface area (TPSA) is 49.3 Å². The molecule has 3 nitrogen and oxygen atoms in total. The summed E-state index contributed by atoms with van der Waals surface area (Å²) in [7, 11) is 0. The van der Waals surface area contributed by atoms with E-state index < -0.39 is 0 Å². The van der Waals surface area contributed by atoms with Crippen molar-refractivity contribution in [1.82, 2.24) is 5.32 Å². The SMILES string of the molecule is CC(=O)NC1(CO)CCC1.CC(C)(C)C. The second-order valence-corrected chi connectivity index (χ2v) is 5.97. The summed E-state index contributed by atoms with van der Waals surface area (Å²) in [6.07, 6.45) is 2.95. The Morgan fingerprint density at radius 2 is 1.73 bits per heavy atom. The van der Waals surface area contributed by atoms with Gasteiger partial charge in [0.25, 0.3) is 0 Å². The zero-order valence-electron chi connectivity index (χ0n) is 10.7. The van der Waals surface area contributed by atoms with Crippen molar-refractivity contribution in [2.24, 2.45) is 5.41 Å². The van der Waals surface area contributed by atoms with Crippen LogP contribution in [-0.2, 0) is 4.79 Å². The first kappa shape index (κ1) is 14.4. The van der Waals surface area contributed by atoms with Crippen molar-refractivity contribution in [3.63, 3.8) is 0 Å². The molecule has 0 aromatic heterocycles. The number of aliphatic hydroxyl groups is 1. The van der Waals surface area contributed by atoms with Gasteiger partial charge >= 0.3 is 0 Å². The number of hydrogen-bond acceptors (Lipinski definition) is 2. The van der Waals surface area contributed by atoms with Crippen molar-refractivity contribution >= 4 is 5.91 Å². The summed E-state index contributed by atoms with van der Waals surface area (Å²) >= 11 is 0. The molecule has 0 aliphatic heterocycles. The summed E-state index contributed by atoms with van der Waals surface area (Å²) in [6, 6.07) is 0. The first-order valence-corrected chi connectivity index (χ1v) is 5.58.